The molecule has 0 radical (unpaired) electrons. The Morgan fingerprint density at radius 3 is 2.82 bits per heavy atom. The normalized spacial score (nSPS) is 15.9. The molecule has 0 aliphatic rings. The summed E-state index contributed by atoms with van der Waals surface area (Å²) < 4.78 is 0. The van der Waals surface area contributed by atoms with Crippen LogP contribution in [0.15, 0.2) is 24.3 Å². The van der Waals surface area contributed by atoms with E-state index in [1.54, 1.807) is 6.07 Å². The number of hydrogen-bond donors (Lipinski definition) is 2. The average Bonchev–Trinajstić information content (AvgIpc) is 2.36. The summed E-state index contributed by atoms with van der Waals surface area (Å²) in [5, 5.41) is 22.0. The van der Waals surface area contributed by atoms with E-state index in [9.17, 15) is 5.11 Å². The third-order valence-corrected chi connectivity index (χ3v) is 3.07. The smallest absolute Gasteiger partial charge is 0.0991 e. The lowest BCUT2D eigenvalue weighted by Crippen LogP contribution is -2.38. The molecule has 0 aromatic heterocycles. The minimum Gasteiger partial charge on any atom is -0.389 e. The molecule has 92 valence electrons. The molecular formula is C14H20N2O. The molecule has 3 nitrogen and oxygen atoms in total. The molecule has 3 heteroatoms. The summed E-state index contributed by atoms with van der Waals surface area (Å²) in [5.74, 6) is 0. The van der Waals surface area contributed by atoms with Crippen LogP contribution < -0.4 is 5.32 Å². The fraction of sp³-hybridized carbons (Fsp3) is 0.500. The first kappa shape index (κ1) is 13.7. The molecule has 1 aromatic rings. The lowest BCUT2D eigenvalue weighted by Gasteiger charge is -2.24. The van der Waals surface area contributed by atoms with Crippen molar-refractivity contribution in [2.45, 2.75) is 38.8 Å². The maximum Gasteiger partial charge on any atom is 0.0991 e. The highest BCUT2D eigenvalue weighted by molar-refractivity contribution is 5.34. The fourth-order valence-corrected chi connectivity index (χ4v) is 1.49. The second-order valence-electron chi connectivity index (χ2n) is 4.69. The predicted octanol–water partition coefficient (Wildman–Crippen LogP) is 2.37. The highest BCUT2D eigenvalue weighted by Gasteiger charge is 2.18. The number of hydrogen-bond acceptors (Lipinski definition) is 3. The number of nitrogens with zero attached hydrogens (tertiary/aromatic N) is 1. The van der Waals surface area contributed by atoms with E-state index in [4.69, 9.17) is 5.26 Å². The van der Waals surface area contributed by atoms with E-state index in [0.29, 0.717) is 18.5 Å². The zero-order chi connectivity index (χ0) is 12.9. The SMILES string of the molecule is CCC(C)(O)CNC(C)c1cccc(C#N)c1. The second kappa shape index (κ2) is 5.81. The van der Waals surface area contributed by atoms with Crippen LogP contribution in [0.2, 0.25) is 0 Å². The third kappa shape index (κ3) is 4.18. The van der Waals surface area contributed by atoms with Crippen LogP contribution in [-0.2, 0) is 0 Å². The van der Waals surface area contributed by atoms with Gasteiger partial charge in [-0.1, -0.05) is 19.1 Å². The Labute approximate surface area is 103 Å². The van der Waals surface area contributed by atoms with E-state index >= 15 is 0 Å². The molecule has 0 amide bonds. The Kier molecular flexibility index (Phi) is 4.68. The predicted molar refractivity (Wildman–Crippen MR) is 68.5 cm³/mol. The van der Waals surface area contributed by atoms with E-state index in [2.05, 4.69) is 11.4 Å². The molecule has 2 N–H and O–H groups in total. The van der Waals surface area contributed by atoms with E-state index in [0.717, 1.165) is 5.56 Å². The van der Waals surface area contributed by atoms with Gasteiger partial charge in [0.05, 0.1) is 17.2 Å². The molecule has 0 saturated heterocycles. The van der Waals surface area contributed by atoms with Crippen molar-refractivity contribution in [2.24, 2.45) is 0 Å². The standard InChI is InChI=1S/C14H20N2O/c1-4-14(3,17)10-16-11(2)13-7-5-6-12(8-13)9-15/h5-8,11,16-17H,4,10H2,1-3H3. The van der Waals surface area contributed by atoms with Crippen molar-refractivity contribution in [1.29, 1.82) is 5.26 Å². The maximum absolute atomic E-state index is 9.90. The van der Waals surface area contributed by atoms with Crippen molar-refractivity contribution in [3.63, 3.8) is 0 Å². The zero-order valence-electron chi connectivity index (χ0n) is 10.7. The Hall–Kier alpha value is -1.37. The average molecular weight is 232 g/mol. The van der Waals surface area contributed by atoms with E-state index in [1.165, 1.54) is 0 Å². The Bertz CT molecular complexity index is 407. The molecule has 2 atom stereocenters. The summed E-state index contributed by atoms with van der Waals surface area (Å²) in [6.07, 6.45) is 0.713. The van der Waals surface area contributed by atoms with Gasteiger partial charge >= 0.3 is 0 Å². The molecule has 0 aliphatic heterocycles. The van der Waals surface area contributed by atoms with Crippen molar-refractivity contribution in [1.82, 2.24) is 5.32 Å². The van der Waals surface area contributed by atoms with Crippen molar-refractivity contribution in [3.05, 3.63) is 35.4 Å². The number of aliphatic hydroxyl groups is 1. The van der Waals surface area contributed by atoms with Gasteiger partial charge in [0.1, 0.15) is 0 Å². The van der Waals surface area contributed by atoms with Gasteiger partial charge in [-0.2, -0.15) is 5.26 Å². The van der Waals surface area contributed by atoms with Gasteiger partial charge < -0.3 is 10.4 Å². The summed E-state index contributed by atoms with van der Waals surface area (Å²) in [6, 6.07) is 9.78. The fourth-order valence-electron chi connectivity index (χ4n) is 1.49. The van der Waals surface area contributed by atoms with Crippen LogP contribution in [0.25, 0.3) is 0 Å². The lowest BCUT2D eigenvalue weighted by atomic mass is 10.0. The first-order valence-electron chi connectivity index (χ1n) is 5.94. The molecule has 2 unspecified atom stereocenters. The third-order valence-electron chi connectivity index (χ3n) is 3.07. The second-order valence-corrected chi connectivity index (χ2v) is 4.69. The molecule has 0 heterocycles. The Morgan fingerprint density at radius 2 is 2.24 bits per heavy atom. The van der Waals surface area contributed by atoms with Crippen LogP contribution in [-0.4, -0.2) is 17.3 Å². The van der Waals surface area contributed by atoms with Gasteiger partial charge in [-0.3, -0.25) is 0 Å². The van der Waals surface area contributed by atoms with Crippen LogP contribution in [0.4, 0.5) is 0 Å². The highest BCUT2D eigenvalue weighted by Crippen LogP contribution is 2.15. The molecule has 17 heavy (non-hydrogen) atoms. The van der Waals surface area contributed by atoms with Crippen molar-refractivity contribution < 1.29 is 5.11 Å². The summed E-state index contributed by atoms with van der Waals surface area (Å²) in [5.41, 5.74) is 1.05. The quantitative estimate of drug-likeness (QED) is 0.819. The van der Waals surface area contributed by atoms with Crippen molar-refractivity contribution >= 4 is 0 Å². The van der Waals surface area contributed by atoms with Gasteiger partial charge in [-0.15, -0.1) is 0 Å². The van der Waals surface area contributed by atoms with Crippen LogP contribution in [0.1, 0.15) is 44.4 Å². The maximum atomic E-state index is 9.90. The summed E-state index contributed by atoms with van der Waals surface area (Å²) in [6.45, 7) is 6.35. The number of nitriles is 1. The minimum absolute atomic E-state index is 0.126. The van der Waals surface area contributed by atoms with Crippen LogP contribution in [0.5, 0.6) is 0 Å². The molecule has 0 spiro atoms. The number of rotatable bonds is 5. The Morgan fingerprint density at radius 1 is 1.53 bits per heavy atom. The summed E-state index contributed by atoms with van der Waals surface area (Å²) >= 11 is 0. The monoisotopic (exact) mass is 232 g/mol. The van der Waals surface area contributed by atoms with Gasteiger partial charge in [-0.05, 0) is 38.0 Å². The van der Waals surface area contributed by atoms with Gasteiger partial charge in [0.15, 0.2) is 0 Å². The highest BCUT2D eigenvalue weighted by atomic mass is 16.3. The van der Waals surface area contributed by atoms with Crippen LogP contribution in [0.3, 0.4) is 0 Å². The molecule has 0 aliphatic carbocycles. The number of nitrogens with one attached hydrogen (secondary N) is 1. The van der Waals surface area contributed by atoms with Gasteiger partial charge in [0.2, 0.25) is 0 Å². The summed E-state index contributed by atoms with van der Waals surface area (Å²) in [4.78, 5) is 0. The lowest BCUT2D eigenvalue weighted by molar-refractivity contribution is 0.0533. The Balaban J connectivity index is 2.64. The van der Waals surface area contributed by atoms with Crippen LogP contribution in [0, 0.1) is 11.3 Å². The van der Waals surface area contributed by atoms with Crippen LogP contribution >= 0.6 is 0 Å². The van der Waals surface area contributed by atoms with E-state index in [-0.39, 0.29) is 6.04 Å². The van der Waals surface area contributed by atoms with Crippen molar-refractivity contribution in [3.8, 4) is 6.07 Å². The first-order valence-corrected chi connectivity index (χ1v) is 5.94. The van der Waals surface area contributed by atoms with E-state index in [1.807, 2.05) is 39.0 Å². The van der Waals surface area contributed by atoms with Gasteiger partial charge in [0.25, 0.3) is 0 Å². The minimum atomic E-state index is -0.679. The zero-order valence-corrected chi connectivity index (χ0v) is 10.7. The molecular weight excluding hydrogens is 212 g/mol. The molecule has 0 fully saturated rings. The van der Waals surface area contributed by atoms with Gasteiger partial charge in [0, 0.05) is 12.6 Å². The first-order chi connectivity index (χ1) is 7.98. The molecule has 0 bridgehead atoms. The summed E-state index contributed by atoms with van der Waals surface area (Å²) in [7, 11) is 0. The van der Waals surface area contributed by atoms with Gasteiger partial charge in [-0.25, -0.2) is 0 Å². The molecule has 1 rings (SSSR count). The van der Waals surface area contributed by atoms with E-state index < -0.39 is 5.60 Å². The van der Waals surface area contributed by atoms with Crippen molar-refractivity contribution in [2.75, 3.05) is 6.54 Å². The number of benzene rings is 1. The topological polar surface area (TPSA) is 56.0 Å². The molecule has 1 aromatic carbocycles. The molecule has 0 saturated carbocycles. The largest absolute Gasteiger partial charge is 0.389 e.